The minimum Gasteiger partial charge on any atom is -0.337 e. The van der Waals surface area contributed by atoms with E-state index in [-0.39, 0.29) is 11.5 Å². The van der Waals surface area contributed by atoms with E-state index in [9.17, 15) is 9.18 Å². The first kappa shape index (κ1) is 14.5. The summed E-state index contributed by atoms with van der Waals surface area (Å²) in [5.41, 5.74) is 2.12. The summed E-state index contributed by atoms with van der Waals surface area (Å²) in [7, 11) is 1.65. The lowest BCUT2D eigenvalue weighted by Gasteiger charge is -2.19. The van der Waals surface area contributed by atoms with E-state index in [0.29, 0.717) is 11.6 Å². The highest BCUT2D eigenvalue weighted by atomic mass is 35.5. The third kappa shape index (κ3) is 3.17. The van der Waals surface area contributed by atoms with Crippen molar-refractivity contribution in [1.29, 1.82) is 0 Å². The largest absolute Gasteiger partial charge is 0.337 e. The van der Waals surface area contributed by atoms with Crippen molar-refractivity contribution in [3.05, 3.63) is 70.0 Å². The van der Waals surface area contributed by atoms with E-state index in [1.165, 1.54) is 23.1 Å². The van der Waals surface area contributed by atoms with Crippen molar-refractivity contribution < 1.29 is 9.18 Å². The van der Waals surface area contributed by atoms with Gasteiger partial charge in [-0.15, -0.1) is 0 Å². The molecule has 0 saturated heterocycles. The highest BCUT2D eigenvalue weighted by Gasteiger charge is 2.17. The van der Waals surface area contributed by atoms with Gasteiger partial charge in [-0.25, -0.2) is 4.39 Å². The van der Waals surface area contributed by atoms with Crippen LogP contribution in [0.15, 0.2) is 42.5 Å². The number of carbonyl (C=O) groups excluding carboxylic acids is 1. The molecule has 0 aromatic heterocycles. The number of hydrogen-bond acceptors (Lipinski definition) is 1. The molecule has 0 saturated carbocycles. The van der Waals surface area contributed by atoms with Gasteiger partial charge in [-0.05, 0) is 36.2 Å². The number of hydrogen-bond donors (Lipinski definition) is 0. The summed E-state index contributed by atoms with van der Waals surface area (Å²) < 4.78 is 13.7. The number of rotatable bonds is 3. The van der Waals surface area contributed by atoms with E-state index in [1.807, 2.05) is 31.2 Å². The Morgan fingerprint density at radius 2 is 1.95 bits per heavy atom. The topological polar surface area (TPSA) is 20.3 Å². The van der Waals surface area contributed by atoms with Crippen LogP contribution in [0.1, 0.15) is 21.5 Å². The number of aryl methyl sites for hydroxylation is 1. The van der Waals surface area contributed by atoms with Crippen molar-refractivity contribution in [2.45, 2.75) is 13.5 Å². The maximum absolute atomic E-state index is 13.7. The van der Waals surface area contributed by atoms with Crippen molar-refractivity contribution in [3.63, 3.8) is 0 Å². The molecule has 0 bridgehead atoms. The number of carbonyl (C=O) groups is 1. The van der Waals surface area contributed by atoms with E-state index in [4.69, 9.17) is 11.6 Å². The van der Waals surface area contributed by atoms with Crippen LogP contribution in [-0.4, -0.2) is 17.9 Å². The Labute approximate surface area is 122 Å². The Bertz CT molecular complexity index is 642. The minimum absolute atomic E-state index is 0.00594. The molecule has 0 aliphatic rings. The van der Waals surface area contributed by atoms with Crippen LogP contribution in [0.3, 0.4) is 0 Å². The molecule has 2 aromatic carbocycles. The molecular weight excluding hydrogens is 277 g/mol. The molecule has 20 heavy (non-hydrogen) atoms. The summed E-state index contributed by atoms with van der Waals surface area (Å²) in [4.78, 5) is 13.7. The lowest BCUT2D eigenvalue weighted by molar-refractivity contribution is 0.0780. The van der Waals surface area contributed by atoms with Crippen LogP contribution in [0.4, 0.5) is 4.39 Å². The summed E-state index contributed by atoms with van der Waals surface area (Å²) >= 11 is 5.81. The Morgan fingerprint density at radius 3 is 2.65 bits per heavy atom. The van der Waals surface area contributed by atoms with Gasteiger partial charge in [0.1, 0.15) is 5.82 Å². The standard InChI is InChI=1S/C16H15ClFNO/c1-11-5-3-4-6-12(11)10-19(2)16(20)14-9-13(17)7-8-15(14)18/h3-9H,10H2,1-2H3. The van der Waals surface area contributed by atoms with Crippen LogP contribution in [-0.2, 0) is 6.54 Å². The molecule has 0 spiro atoms. The minimum atomic E-state index is -0.559. The second kappa shape index (κ2) is 6.06. The van der Waals surface area contributed by atoms with E-state index in [2.05, 4.69) is 0 Å². The molecule has 0 aliphatic carbocycles. The van der Waals surface area contributed by atoms with E-state index < -0.39 is 5.82 Å². The van der Waals surface area contributed by atoms with Gasteiger partial charge >= 0.3 is 0 Å². The van der Waals surface area contributed by atoms with Gasteiger partial charge in [-0.1, -0.05) is 35.9 Å². The van der Waals surface area contributed by atoms with Gasteiger partial charge in [-0.2, -0.15) is 0 Å². The van der Waals surface area contributed by atoms with E-state index >= 15 is 0 Å². The summed E-state index contributed by atoms with van der Waals surface area (Å²) in [5, 5.41) is 0.346. The Balaban J connectivity index is 2.21. The Hall–Kier alpha value is -1.87. The molecule has 1 amide bonds. The van der Waals surface area contributed by atoms with Crippen molar-refractivity contribution in [2.75, 3.05) is 7.05 Å². The molecule has 2 rings (SSSR count). The van der Waals surface area contributed by atoms with Gasteiger partial charge in [-0.3, -0.25) is 4.79 Å². The zero-order chi connectivity index (χ0) is 14.7. The molecule has 0 N–H and O–H groups in total. The van der Waals surface area contributed by atoms with Crippen molar-refractivity contribution in [2.24, 2.45) is 0 Å². The molecular formula is C16H15ClFNO. The summed E-state index contributed by atoms with van der Waals surface area (Å²) in [6.07, 6.45) is 0. The molecule has 0 atom stereocenters. The molecule has 2 nitrogen and oxygen atoms in total. The van der Waals surface area contributed by atoms with Crippen LogP contribution in [0.2, 0.25) is 5.02 Å². The Morgan fingerprint density at radius 1 is 1.25 bits per heavy atom. The maximum Gasteiger partial charge on any atom is 0.256 e. The van der Waals surface area contributed by atoms with Gasteiger partial charge in [0.15, 0.2) is 0 Å². The Kier molecular flexibility index (Phi) is 4.40. The molecule has 0 radical (unpaired) electrons. The predicted octanol–water partition coefficient (Wildman–Crippen LogP) is 4.06. The van der Waals surface area contributed by atoms with Crippen molar-refractivity contribution in [3.8, 4) is 0 Å². The monoisotopic (exact) mass is 291 g/mol. The van der Waals surface area contributed by atoms with Gasteiger partial charge in [0, 0.05) is 18.6 Å². The molecule has 0 unspecified atom stereocenters. The van der Waals surface area contributed by atoms with Crippen molar-refractivity contribution >= 4 is 17.5 Å². The van der Waals surface area contributed by atoms with Gasteiger partial charge in [0.25, 0.3) is 5.91 Å². The summed E-state index contributed by atoms with van der Waals surface area (Å²) in [6, 6.07) is 11.8. The number of benzene rings is 2. The average molecular weight is 292 g/mol. The zero-order valence-electron chi connectivity index (χ0n) is 11.4. The molecule has 4 heteroatoms. The first-order chi connectivity index (χ1) is 9.49. The number of nitrogens with zero attached hydrogens (tertiary/aromatic N) is 1. The molecule has 0 aliphatic heterocycles. The lowest BCUT2D eigenvalue weighted by atomic mass is 10.1. The first-order valence-electron chi connectivity index (χ1n) is 6.24. The highest BCUT2D eigenvalue weighted by molar-refractivity contribution is 6.30. The normalized spacial score (nSPS) is 10.4. The quantitative estimate of drug-likeness (QED) is 0.835. The lowest BCUT2D eigenvalue weighted by Crippen LogP contribution is -2.27. The fraction of sp³-hybridized carbons (Fsp3) is 0.188. The van der Waals surface area contributed by atoms with E-state index in [1.54, 1.807) is 7.05 Å². The zero-order valence-corrected chi connectivity index (χ0v) is 12.1. The first-order valence-corrected chi connectivity index (χ1v) is 6.62. The second-order valence-electron chi connectivity index (χ2n) is 4.71. The van der Waals surface area contributed by atoms with Crippen LogP contribution in [0.25, 0.3) is 0 Å². The van der Waals surface area contributed by atoms with Gasteiger partial charge < -0.3 is 4.90 Å². The SMILES string of the molecule is Cc1ccccc1CN(C)C(=O)c1cc(Cl)ccc1F. The third-order valence-electron chi connectivity index (χ3n) is 3.17. The smallest absolute Gasteiger partial charge is 0.256 e. The fourth-order valence-corrected chi connectivity index (χ4v) is 2.15. The van der Waals surface area contributed by atoms with Crippen LogP contribution < -0.4 is 0 Å². The summed E-state index contributed by atoms with van der Waals surface area (Å²) in [6.45, 7) is 2.41. The maximum atomic E-state index is 13.7. The van der Waals surface area contributed by atoms with Gasteiger partial charge in [0.05, 0.1) is 5.56 Å². The number of halogens is 2. The van der Waals surface area contributed by atoms with Crippen LogP contribution in [0.5, 0.6) is 0 Å². The van der Waals surface area contributed by atoms with Gasteiger partial charge in [0.2, 0.25) is 0 Å². The summed E-state index contributed by atoms with van der Waals surface area (Å²) in [5.74, 6) is -0.940. The second-order valence-corrected chi connectivity index (χ2v) is 5.15. The molecule has 0 fully saturated rings. The van der Waals surface area contributed by atoms with Crippen LogP contribution >= 0.6 is 11.6 Å². The highest BCUT2D eigenvalue weighted by Crippen LogP contribution is 2.18. The molecule has 0 heterocycles. The average Bonchev–Trinajstić information content (AvgIpc) is 2.43. The predicted molar refractivity (Wildman–Crippen MR) is 78.4 cm³/mol. The van der Waals surface area contributed by atoms with Crippen LogP contribution in [0, 0.1) is 12.7 Å². The molecule has 2 aromatic rings. The molecule has 104 valence electrons. The third-order valence-corrected chi connectivity index (χ3v) is 3.41. The van der Waals surface area contributed by atoms with Crippen molar-refractivity contribution in [1.82, 2.24) is 4.90 Å². The fourth-order valence-electron chi connectivity index (χ4n) is 1.98. The van der Waals surface area contributed by atoms with E-state index in [0.717, 1.165) is 11.1 Å². The number of amides is 1.